The molecular formula is C9H9Br2N. The van der Waals surface area contributed by atoms with Gasteiger partial charge in [-0.25, -0.2) is 0 Å². The Bertz CT molecular complexity index is 284. The molecule has 1 nitrogen and oxygen atoms in total. The number of anilines is 1. The summed E-state index contributed by atoms with van der Waals surface area (Å²) in [5.41, 5.74) is 1.09. The summed E-state index contributed by atoms with van der Waals surface area (Å²) in [4.78, 5) is 0. The zero-order chi connectivity index (χ0) is 8.97. The van der Waals surface area contributed by atoms with Gasteiger partial charge in [0.05, 0.1) is 0 Å². The molecule has 64 valence electrons. The van der Waals surface area contributed by atoms with Crippen molar-refractivity contribution in [1.29, 1.82) is 0 Å². The van der Waals surface area contributed by atoms with Gasteiger partial charge in [-0.2, -0.15) is 0 Å². The number of rotatable bonds is 3. The summed E-state index contributed by atoms with van der Waals surface area (Å²) in [6.45, 7) is 4.48. The van der Waals surface area contributed by atoms with E-state index in [2.05, 4.69) is 43.8 Å². The molecular weight excluding hydrogens is 282 g/mol. The van der Waals surface area contributed by atoms with E-state index in [1.54, 1.807) is 0 Å². The Labute approximate surface area is 89.1 Å². The molecule has 0 spiro atoms. The van der Waals surface area contributed by atoms with Crippen LogP contribution in [-0.2, 0) is 0 Å². The van der Waals surface area contributed by atoms with Gasteiger partial charge < -0.3 is 5.32 Å². The van der Waals surface area contributed by atoms with Gasteiger partial charge in [0.15, 0.2) is 0 Å². The van der Waals surface area contributed by atoms with E-state index < -0.39 is 0 Å². The average molecular weight is 291 g/mol. The van der Waals surface area contributed by atoms with Crippen LogP contribution in [0, 0.1) is 0 Å². The molecule has 0 bridgehead atoms. The van der Waals surface area contributed by atoms with Crippen molar-refractivity contribution in [3.63, 3.8) is 0 Å². The summed E-state index contributed by atoms with van der Waals surface area (Å²) < 4.78 is 2.02. The molecule has 0 saturated heterocycles. The van der Waals surface area contributed by atoms with Gasteiger partial charge in [-0.05, 0) is 18.2 Å². The molecule has 1 N–H and O–H groups in total. The zero-order valence-corrected chi connectivity index (χ0v) is 9.65. The van der Waals surface area contributed by atoms with Crippen molar-refractivity contribution >= 4 is 37.5 Å². The van der Waals surface area contributed by atoms with E-state index in [9.17, 15) is 0 Å². The first kappa shape index (κ1) is 9.81. The molecule has 0 fully saturated rings. The lowest BCUT2D eigenvalue weighted by atomic mass is 10.3. The third-order valence-electron chi connectivity index (χ3n) is 1.31. The van der Waals surface area contributed by atoms with Crippen LogP contribution in [0.2, 0.25) is 0 Å². The molecule has 0 aliphatic rings. The molecule has 0 aliphatic carbocycles. The summed E-state index contributed by atoms with van der Waals surface area (Å²) in [5.74, 6) is 0. The topological polar surface area (TPSA) is 12.0 Å². The van der Waals surface area contributed by atoms with Crippen molar-refractivity contribution in [1.82, 2.24) is 0 Å². The lowest BCUT2D eigenvalue weighted by Gasteiger charge is -2.04. The highest BCUT2D eigenvalue weighted by atomic mass is 79.9. The van der Waals surface area contributed by atoms with Crippen LogP contribution in [0.3, 0.4) is 0 Å². The van der Waals surface area contributed by atoms with Gasteiger partial charge in [-0.15, -0.1) is 0 Å². The molecule has 3 heteroatoms. The Morgan fingerprint density at radius 2 is 2.25 bits per heavy atom. The third-order valence-corrected chi connectivity index (χ3v) is 2.08. The van der Waals surface area contributed by atoms with Gasteiger partial charge in [0.25, 0.3) is 0 Å². The maximum atomic E-state index is 3.74. The van der Waals surface area contributed by atoms with Crippen LogP contribution < -0.4 is 5.32 Å². The van der Waals surface area contributed by atoms with Crippen LogP contribution in [0.15, 0.2) is 39.8 Å². The van der Waals surface area contributed by atoms with E-state index in [1.807, 2.05) is 24.3 Å². The number of hydrogen-bond donors (Lipinski definition) is 1. The van der Waals surface area contributed by atoms with Crippen molar-refractivity contribution in [3.05, 3.63) is 39.8 Å². The SMILES string of the molecule is C=C(Br)CNc1cccc(Br)c1. The lowest BCUT2D eigenvalue weighted by Crippen LogP contribution is -1.99. The van der Waals surface area contributed by atoms with Gasteiger partial charge in [0.2, 0.25) is 0 Å². The summed E-state index contributed by atoms with van der Waals surface area (Å²) in [5, 5.41) is 3.21. The highest BCUT2D eigenvalue weighted by molar-refractivity contribution is 9.11. The Balaban J connectivity index is 2.57. The van der Waals surface area contributed by atoms with Gasteiger partial charge in [-0.1, -0.05) is 44.5 Å². The van der Waals surface area contributed by atoms with Crippen LogP contribution in [0.1, 0.15) is 0 Å². The molecule has 1 aromatic carbocycles. The van der Waals surface area contributed by atoms with Crippen molar-refractivity contribution in [2.24, 2.45) is 0 Å². The number of halogens is 2. The lowest BCUT2D eigenvalue weighted by molar-refractivity contribution is 1.32. The fraction of sp³-hybridized carbons (Fsp3) is 0.111. The van der Waals surface area contributed by atoms with E-state index >= 15 is 0 Å². The van der Waals surface area contributed by atoms with Gasteiger partial charge in [-0.3, -0.25) is 0 Å². The monoisotopic (exact) mass is 289 g/mol. The maximum Gasteiger partial charge on any atom is 0.0460 e. The van der Waals surface area contributed by atoms with E-state index in [4.69, 9.17) is 0 Å². The minimum absolute atomic E-state index is 0.746. The first-order chi connectivity index (χ1) is 5.68. The quantitative estimate of drug-likeness (QED) is 0.894. The molecule has 0 aliphatic heterocycles. The minimum Gasteiger partial charge on any atom is -0.380 e. The first-order valence-electron chi connectivity index (χ1n) is 3.51. The molecule has 0 atom stereocenters. The highest BCUT2D eigenvalue weighted by Gasteiger charge is 1.92. The predicted octanol–water partition coefficient (Wildman–Crippen LogP) is 3.77. The Morgan fingerprint density at radius 3 is 2.83 bits per heavy atom. The second-order valence-corrected chi connectivity index (χ2v) is 4.42. The normalized spacial score (nSPS) is 9.50. The van der Waals surface area contributed by atoms with Crippen molar-refractivity contribution in [2.75, 3.05) is 11.9 Å². The highest BCUT2D eigenvalue weighted by Crippen LogP contribution is 2.16. The molecule has 0 amide bonds. The van der Waals surface area contributed by atoms with Crippen LogP contribution >= 0.6 is 31.9 Å². The molecule has 0 saturated carbocycles. The third kappa shape index (κ3) is 3.41. The second-order valence-electron chi connectivity index (χ2n) is 2.38. The Morgan fingerprint density at radius 1 is 1.50 bits per heavy atom. The van der Waals surface area contributed by atoms with E-state index in [-0.39, 0.29) is 0 Å². The molecule has 1 aromatic rings. The molecule has 0 radical (unpaired) electrons. The molecule has 0 unspecified atom stereocenters. The largest absolute Gasteiger partial charge is 0.380 e. The summed E-state index contributed by atoms with van der Waals surface area (Å²) in [6, 6.07) is 8.02. The smallest absolute Gasteiger partial charge is 0.0460 e. The second kappa shape index (κ2) is 4.67. The Kier molecular flexibility index (Phi) is 3.82. The number of benzene rings is 1. The average Bonchev–Trinajstić information content (AvgIpc) is 2.01. The standard InChI is InChI=1S/C9H9Br2N/c1-7(10)6-12-9-4-2-3-8(11)5-9/h2-5,12H,1,6H2. The van der Waals surface area contributed by atoms with Crippen LogP contribution in [0.25, 0.3) is 0 Å². The summed E-state index contributed by atoms with van der Waals surface area (Å²) >= 11 is 6.68. The zero-order valence-electron chi connectivity index (χ0n) is 6.48. The van der Waals surface area contributed by atoms with E-state index in [0.29, 0.717) is 0 Å². The number of nitrogens with one attached hydrogen (secondary N) is 1. The van der Waals surface area contributed by atoms with Crippen LogP contribution in [0.4, 0.5) is 5.69 Å². The van der Waals surface area contributed by atoms with Crippen molar-refractivity contribution in [2.45, 2.75) is 0 Å². The molecule has 1 rings (SSSR count). The molecule has 12 heavy (non-hydrogen) atoms. The Hall–Kier alpha value is -0.280. The van der Waals surface area contributed by atoms with Crippen molar-refractivity contribution in [3.8, 4) is 0 Å². The van der Waals surface area contributed by atoms with Gasteiger partial charge >= 0.3 is 0 Å². The predicted molar refractivity (Wildman–Crippen MR) is 60.7 cm³/mol. The fourth-order valence-corrected chi connectivity index (χ4v) is 1.34. The van der Waals surface area contributed by atoms with Gasteiger partial charge in [0, 0.05) is 21.2 Å². The first-order valence-corrected chi connectivity index (χ1v) is 5.10. The van der Waals surface area contributed by atoms with Crippen molar-refractivity contribution < 1.29 is 0 Å². The summed E-state index contributed by atoms with van der Waals surface area (Å²) in [6.07, 6.45) is 0. The molecule has 0 heterocycles. The molecule has 0 aromatic heterocycles. The van der Waals surface area contributed by atoms with Crippen LogP contribution in [-0.4, -0.2) is 6.54 Å². The van der Waals surface area contributed by atoms with E-state index in [0.717, 1.165) is 21.2 Å². The fourth-order valence-electron chi connectivity index (χ4n) is 0.796. The maximum absolute atomic E-state index is 3.74. The number of hydrogen-bond acceptors (Lipinski definition) is 1. The minimum atomic E-state index is 0.746. The summed E-state index contributed by atoms with van der Waals surface area (Å²) in [7, 11) is 0. The van der Waals surface area contributed by atoms with E-state index in [1.165, 1.54) is 0 Å². The van der Waals surface area contributed by atoms with Crippen LogP contribution in [0.5, 0.6) is 0 Å². The van der Waals surface area contributed by atoms with Gasteiger partial charge in [0.1, 0.15) is 0 Å².